The summed E-state index contributed by atoms with van der Waals surface area (Å²) in [5, 5.41) is 3.08. The number of para-hydroxylation sites is 2. The third kappa shape index (κ3) is 4.51. The minimum atomic E-state index is -0.0688. The normalized spacial score (nSPS) is 11.9. The lowest BCUT2D eigenvalue weighted by atomic mass is 10.1. The van der Waals surface area contributed by atoms with Crippen molar-refractivity contribution < 1.29 is 9.53 Å². The van der Waals surface area contributed by atoms with E-state index in [9.17, 15) is 4.79 Å². The van der Waals surface area contributed by atoms with Crippen LogP contribution in [-0.2, 0) is 17.9 Å². The average Bonchev–Trinajstić information content (AvgIpc) is 3.11. The Morgan fingerprint density at radius 1 is 1.00 bits per heavy atom. The molecule has 1 atom stereocenters. The van der Waals surface area contributed by atoms with Gasteiger partial charge in [-0.05, 0) is 43.7 Å². The van der Waals surface area contributed by atoms with Crippen LogP contribution in [0.5, 0.6) is 5.75 Å². The number of hydrogen-bond acceptors (Lipinski definition) is 3. The van der Waals surface area contributed by atoms with Crippen molar-refractivity contribution >= 4 is 16.9 Å². The van der Waals surface area contributed by atoms with Gasteiger partial charge in [0.2, 0.25) is 5.91 Å². The van der Waals surface area contributed by atoms with Crippen molar-refractivity contribution in [3.63, 3.8) is 0 Å². The highest BCUT2D eigenvalue weighted by Crippen LogP contribution is 2.19. The molecule has 0 unspecified atom stereocenters. The molecule has 0 bridgehead atoms. The number of amides is 1. The molecular weight excluding hydrogens is 374 g/mol. The van der Waals surface area contributed by atoms with Gasteiger partial charge in [0, 0.05) is 0 Å². The number of nitrogens with zero attached hydrogens (tertiary/aromatic N) is 2. The fraction of sp³-hybridized carbons (Fsp3) is 0.200. The van der Waals surface area contributed by atoms with Gasteiger partial charge >= 0.3 is 0 Å². The van der Waals surface area contributed by atoms with Crippen LogP contribution in [0.1, 0.15) is 29.9 Å². The minimum absolute atomic E-state index is 0.0638. The first-order chi connectivity index (χ1) is 14.6. The third-order valence-corrected chi connectivity index (χ3v) is 5.10. The summed E-state index contributed by atoms with van der Waals surface area (Å²) >= 11 is 0. The first-order valence-electron chi connectivity index (χ1n) is 10.1. The van der Waals surface area contributed by atoms with Crippen LogP contribution in [0.2, 0.25) is 0 Å². The van der Waals surface area contributed by atoms with Crippen LogP contribution in [0.15, 0.2) is 78.9 Å². The molecule has 4 aromatic rings. The Bertz CT molecular complexity index is 1130. The summed E-state index contributed by atoms with van der Waals surface area (Å²) in [5.41, 5.74) is 4.02. The molecule has 1 heterocycles. The van der Waals surface area contributed by atoms with Crippen LogP contribution in [0.4, 0.5) is 0 Å². The topological polar surface area (TPSA) is 56.2 Å². The fourth-order valence-electron chi connectivity index (χ4n) is 3.45. The molecule has 0 aliphatic heterocycles. The smallest absolute Gasteiger partial charge is 0.240 e. The Labute approximate surface area is 176 Å². The molecule has 1 amide bonds. The van der Waals surface area contributed by atoms with Crippen molar-refractivity contribution in [3.05, 3.63) is 95.8 Å². The number of ether oxygens (including phenoxy) is 1. The molecule has 0 aliphatic carbocycles. The molecule has 0 spiro atoms. The first kappa shape index (κ1) is 19.7. The molecule has 0 aliphatic rings. The van der Waals surface area contributed by atoms with Gasteiger partial charge in [-0.15, -0.1) is 0 Å². The summed E-state index contributed by atoms with van der Waals surface area (Å²) in [5.74, 6) is 1.44. The van der Waals surface area contributed by atoms with Crippen LogP contribution in [0, 0.1) is 6.92 Å². The maximum atomic E-state index is 12.8. The highest BCUT2D eigenvalue weighted by atomic mass is 16.5. The Morgan fingerprint density at radius 3 is 2.47 bits per heavy atom. The number of carbonyl (C=O) groups excluding carboxylic acids is 1. The van der Waals surface area contributed by atoms with Crippen molar-refractivity contribution in [1.29, 1.82) is 0 Å². The van der Waals surface area contributed by atoms with E-state index >= 15 is 0 Å². The Kier molecular flexibility index (Phi) is 5.80. The van der Waals surface area contributed by atoms with Crippen molar-refractivity contribution in [1.82, 2.24) is 14.9 Å². The lowest BCUT2D eigenvalue weighted by Crippen LogP contribution is -2.30. The lowest BCUT2D eigenvalue weighted by Gasteiger charge is -2.16. The Balaban J connectivity index is 1.52. The summed E-state index contributed by atoms with van der Waals surface area (Å²) in [6.07, 6.45) is 0. The second kappa shape index (κ2) is 8.82. The quantitative estimate of drug-likeness (QED) is 0.486. The van der Waals surface area contributed by atoms with Crippen molar-refractivity contribution in [2.75, 3.05) is 0 Å². The molecule has 0 saturated heterocycles. The third-order valence-electron chi connectivity index (χ3n) is 5.10. The number of benzene rings is 3. The van der Waals surface area contributed by atoms with E-state index in [4.69, 9.17) is 9.72 Å². The molecule has 152 valence electrons. The fourth-order valence-corrected chi connectivity index (χ4v) is 3.45. The zero-order valence-corrected chi connectivity index (χ0v) is 17.2. The summed E-state index contributed by atoms with van der Waals surface area (Å²) in [6, 6.07) is 25.6. The molecule has 4 rings (SSSR count). The summed E-state index contributed by atoms with van der Waals surface area (Å²) in [4.78, 5) is 17.5. The number of aromatic nitrogens is 2. The molecule has 30 heavy (non-hydrogen) atoms. The maximum absolute atomic E-state index is 12.8. The molecule has 1 aromatic heterocycles. The van der Waals surface area contributed by atoms with Crippen molar-refractivity contribution in [2.24, 2.45) is 0 Å². The van der Waals surface area contributed by atoms with E-state index in [1.807, 2.05) is 97.3 Å². The predicted molar refractivity (Wildman–Crippen MR) is 118 cm³/mol. The van der Waals surface area contributed by atoms with Crippen LogP contribution < -0.4 is 10.1 Å². The predicted octanol–water partition coefficient (Wildman–Crippen LogP) is 4.80. The van der Waals surface area contributed by atoms with Crippen molar-refractivity contribution in [3.8, 4) is 5.75 Å². The zero-order valence-electron chi connectivity index (χ0n) is 17.2. The van der Waals surface area contributed by atoms with Gasteiger partial charge in [-0.3, -0.25) is 4.79 Å². The molecule has 3 aromatic carbocycles. The van der Waals surface area contributed by atoms with Crippen LogP contribution in [0.3, 0.4) is 0 Å². The second-order valence-corrected chi connectivity index (χ2v) is 7.40. The van der Waals surface area contributed by atoms with Gasteiger partial charge in [-0.2, -0.15) is 0 Å². The monoisotopic (exact) mass is 399 g/mol. The van der Waals surface area contributed by atoms with E-state index < -0.39 is 0 Å². The molecule has 0 saturated carbocycles. The van der Waals surface area contributed by atoms with Crippen LogP contribution in [-0.4, -0.2) is 15.5 Å². The van der Waals surface area contributed by atoms with Gasteiger partial charge < -0.3 is 14.6 Å². The first-order valence-corrected chi connectivity index (χ1v) is 10.1. The van der Waals surface area contributed by atoms with E-state index in [0.29, 0.717) is 6.61 Å². The Morgan fingerprint density at radius 2 is 1.70 bits per heavy atom. The number of imidazole rings is 1. The van der Waals surface area contributed by atoms with E-state index in [1.165, 1.54) is 5.56 Å². The Hall–Kier alpha value is -3.60. The summed E-state index contributed by atoms with van der Waals surface area (Å²) in [7, 11) is 0. The number of hydrogen-bond donors (Lipinski definition) is 1. The highest BCUT2D eigenvalue weighted by molar-refractivity contribution is 5.81. The average molecular weight is 399 g/mol. The van der Waals surface area contributed by atoms with Gasteiger partial charge in [-0.25, -0.2) is 4.98 Å². The van der Waals surface area contributed by atoms with E-state index in [2.05, 4.69) is 5.32 Å². The lowest BCUT2D eigenvalue weighted by molar-refractivity contribution is -0.122. The number of fused-ring (bicyclic) bond motifs is 1. The second-order valence-electron chi connectivity index (χ2n) is 7.40. The van der Waals surface area contributed by atoms with Gasteiger partial charge in [0.05, 0.1) is 17.1 Å². The van der Waals surface area contributed by atoms with E-state index in [1.54, 1.807) is 0 Å². The molecular formula is C25H25N3O2. The molecule has 0 radical (unpaired) electrons. The highest BCUT2D eigenvalue weighted by Gasteiger charge is 2.16. The minimum Gasteiger partial charge on any atom is -0.486 e. The van der Waals surface area contributed by atoms with Crippen molar-refractivity contribution in [2.45, 2.75) is 33.0 Å². The van der Waals surface area contributed by atoms with Gasteiger partial charge in [0.1, 0.15) is 24.7 Å². The van der Waals surface area contributed by atoms with E-state index in [-0.39, 0.29) is 18.5 Å². The molecule has 0 fully saturated rings. The van der Waals surface area contributed by atoms with Crippen LogP contribution >= 0.6 is 0 Å². The summed E-state index contributed by atoms with van der Waals surface area (Å²) in [6.45, 7) is 4.50. The van der Waals surface area contributed by atoms with Gasteiger partial charge in [0.15, 0.2) is 0 Å². The standard InChI is InChI=1S/C25H25N3O2/c1-18-12-14-21(15-13-18)30-17-24-27-22-10-6-7-11-23(22)28(24)16-25(29)26-19(2)20-8-4-3-5-9-20/h3-15,19H,16-17H2,1-2H3,(H,26,29)/t19-/m1/s1. The van der Waals surface area contributed by atoms with Gasteiger partial charge in [0.25, 0.3) is 0 Å². The van der Waals surface area contributed by atoms with Gasteiger partial charge in [-0.1, -0.05) is 60.2 Å². The van der Waals surface area contributed by atoms with Crippen LogP contribution in [0.25, 0.3) is 11.0 Å². The summed E-state index contributed by atoms with van der Waals surface area (Å²) < 4.78 is 7.86. The number of nitrogens with one attached hydrogen (secondary N) is 1. The molecule has 5 nitrogen and oxygen atoms in total. The number of rotatable bonds is 7. The number of aryl methyl sites for hydroxylation is 1. The zero-order chi connectivity index (χ0) is 20.9. The number of carbonyl (C=O) groups is 1. The molecule has 5 heteroatoms. The maximum Gasteiger partial charge on any atom is 0.240 e. The SMILES string of the molecule is Cc1ccc(OCc2nc3ccccc3n2CC(=O)N[C@H](C)c2ccccc2)cc1. The molecule has 1 N–H and O–H groups in total. The largest absolute Gasteiger partial charge is 0.486 e. The van der Waals surface area contributed by atoms with E-state index in [0.717, 1.165) is 28.2 Å².